The van der Waals surface area contributed by atoms with E-state index < -0.39 is 0 Å². The fourth-order valence-electron chi connectivity index (χ4n) is 1.12. The van der Waals surface area contributed by atoms with Gasteiger partial charge in [0.2, 0.25) is 5.91 Å². The molecular formula is C11H16N2O2. The molecule has 0 spiro atoms. The summed E-state index contributed by atoms with van der Waals surface area (Å²) in [6, 6.07) is 7.03. The Labute approximate surface area is 89.4 Å². The highest BCUT2D eigenvalue weighted by molar-refractivity contribution is 5.91. The lowest BCUT2D eigenvalue weighted by Crippen LogP contribution is -2.18. The van der Waals surface area contributed by atoms with Crippen LogP contribution in [-0.2, 0) is 9.53 Å². The molecule has 82 valence electrons. The second-order valence-corrected chi connectivity index (χ2v) is 3.42. The van der Waals surface area contributed by atoms with Gasteiger partial charge in [0.15, 0.2) is 0 Å². The molecule has 0 heterocycles. The van der Waals surface area contributed by atoms with Crippen molar-refractivity contribution in [3.05, 3.63) is 24.3 Å². The Kier molecular flexibility index (Phi) is 4.12. The first kappa shape index (κ1) is 11.5. The summed E-state index contributed by atoms with van der Waals surface area (Å²) >= 11 is 0. The normalized spacial score (nSPS) is 12.1. The van der Waals surface area contributed by atoms with E-state index in [2.05, 4.69) is 5.32 Å². The van der Waals surface area contributed by atoms with E-state index in [1.165, 1.54) is 0 Å². The molecule has 0 aliphatic rings. The molecule has 0 aromatic heterocycles. The number of hydrogen-bond acceptors (Lipinski definition) is 3. The van der Waals surface area contributed by atoms with Crippen LogP contribution >= 0.6 is 0 Å². The van der Waals surface area contributed by atoms with Gasteiger partial charge in [0.1, 0.15) is 0 Å². The van der Waals surface area contributed by atoms with Gasteiger partial charge in [0, 0.05) is 18.5 Å². The summed E-state index contributed by atoms with van der Waals surface area (Å²) in [5.74, 6) is -0.0610. The van der Waals surface area contributed by atoms with Crippen molar-refractivity contribution in [2.45, 2.75) is 19.4 Å². The van der Waals surface area contributed by atoms with Crippen LogP contribution in [0.5, 0.6) is 0 Å². The first-order chi connectivity index (χ1) is 7.11. The number of nitrogen functional groups attached to an aromatic ring is 1. The largest absolute Gasteiger partial charge is 0.399 e. The van der Waals surface area contributed by atoms with Gasteiger partial charge in [-0.2, -0.15) is 0 Å². The lowest BCUT2D eigenvalue weighted by atomic mass is 10.2. The number of carbonyl (C=O) groups is 1. The molecular weight excluding hydrogens is 192 g/mol. The number of carbonyl (C=O) groups excluding carboxylic acids is 1. The summed E-state index contributed by atoms with van der Waals surface area (Å²) in [5, 5.41) is 2.76. The van der Waals surface area contributed by atoms with E-state index in [1.807, 2.05) is 6.92 Å². The van der Waals surface area contributed by atoms with Crippen LogP contribution in [0.15, 0.2) is 24.3 Å². The van der Waals surface area contributed by atoms with Gasteiger partial charge in [0.05, 0.1) is 12.5 Å². The van der Waals surface area contributed by atoms with E-state index in [4.69, 9.17) is 10.5 Å². The Morgan fingerprint density at radius 3 is 2.60 bits per heavy atom. The molecule has 1 unspecified atom stereocenters. The molecule has 0 radical (unpaired) electrons. The van der Waals surface area contributed by atoms with Crippen molar-refractivity contribution in [2.24, 2.45) is 0 Å². The molecule has 4 nitrogen and oxygen atoms in total. The van der Waals surface area contributed by atoms with Gasteiger partial charge in [-0.1, -0.05) is 0 Å². The SMILES string of the molecule is COC(C)CC(=O)Nc1ccc(N)cc1. The number of hydrogen-bond donors (Lipinski definition) is 2. The van der Waals surface area contributed by atoms with Gasteiger partial charge in [-0.25, -0.2) is 0 Å². The molecule has 4 heteroatoms. The van der Waals surface area contributed by atoms with Crippen LogP contribution in [-0.4, -0.2) is 19.1 Å². The van der Waals surface area contributed by atoms with Crippen molar-refractivity contribution in [3.63, 3.8) is 0 Å². The number of nitrogens with one attached hydrogen (secondary N) is 1. The number of benzene rings is 1. The van der Waals surface area contributed by atoms with Gasteiger partial charge >= 0.3 is 0 Å². The maximum atomic E-state index is 11.4. The number of anilines is 2. The molecule has 1 aromatic rings. The second-order valence-electron chi connectivity index (χ2n) is 3.42. The lowest BCUT2D eigenvalue weighted by molar-refractivity contribution is -0.118. The first-order valence-corrected chi connectivity index (χ1v) is 4.80. The smallest absolute Gasteiger partial charge is 0.226 e. The summed E-state index contributed by atoms with van der Waals surface area (Å²) in [7, 11) is 1.58. The number of methoxy groups -OCH3 is 1. The van der Waals surface area contributed by atoms with E-state index in [0.29, 0.717) is 12.1 Å². The van der Waals surface area contributed by atoms with Gasteiger partial charge in [0.25, 0.3) is 0 Å². The van der Waals surface area contributed by atoms with Crippen molar-refractivity contribution in [3.8, 4) is 0 Å². The van der Waals surface area contributed by atoms with Crippen LogP contribution in [0.1, 0.15) is 13.3 Å². The molecule has 0 aliphatic heterocycles. The lowest BCUT2D eigenvalue weighted by Gasteiger charge is -2.09. The highest BCUT2D eigenvalue weighted by atomic mass is 16.5. The highest BCUT2D eigenvalue weighted by Gasteiger charge is 2.07. The number of amides is 1. The minimum Gasteiger partial charge on any atom is -0.399 e. The Bertz CT molecular complexity index is 322. The van der Waals surface area contributed by atoms with Crippen molar-refractivity contribution < 1.29 is 9.53 Å². The first-order valence-electron chi connectivity index (χ1n) is 4.80. The van der Waals surface area contributed by atoms with Crippen LogP contribution in [0.4, 0.5) is 11.4 Å². The van der Waals surface area contributed by atoms with E-state index >= 15 is 0 Å². The van der Waals surface area contributed by atoms with E-state index in [0.717, 1.165) is 5.69 Å². The average molecular weight is 208 g/mol. The van der Waals surface area contributed by atoms with E-state index in [1.54, 1.807) is 31.4 Å². The molecule has 1 aromatic carbocycles. The maximum Gasteiger partial charge on any atom is 0.226 e. The molecule has 0 saturated carbocycles. The topological polar surface area (TPSA) is 64.3 Å². The molecule has 1 rings (SSSR count). The van der Waals surface area contributed by atoms with Crippen LogP contribution in [0.25, 0.3) is 0 Å². The zero-order valence-electron chi connectivity index (χ0n) is 8.99. The molecule has 1 amide bonds. The Morgan fingerprint density at radius 2 is 2.07 bits per heavy atom. The summed E-state index contributed by atoms with van der Waals surface area (Å²) in [4.78, 5) is 11.4. The average Bonchev–Trinajstić information content (AvgIpc) is 2.21. The molecule has 0 aliphatic carbocycles. The predicted octanol–water partition coefficient (Wildman–Crippen LogP) is 1.63. The molecule has 3 N–H and O–H groups in total. The minimum absolute atomic E-state index is 0.0610. The fraction of sp³-hybridized carbons (Fsp3) is 0.364. The van der Waals surface area contributed by atoms with Crippen molar-refractivity contribution in [1.82, 2.24) is 0 Å². The predicted molar refractivity (Wildman–Crippen MR) is 60.6 cm³/mol. The van der Waals surface area contributed by atoms with Crippen molar-refractivity contribution >= 4 is 17.3 Å². The van der Waals surface area contributed by atoms with Gasteiger partial charge < -0.3 is 15.8 Å². The summed E-state index contributed by atoms with van der Waals surface area (Å²) in [5.41, 5.74) is 6.95. The monoisotopic (exact) mass is 208 g/mol. The van der Waals surface area contributed by atoms with Crippen LogP contribution in [0.3, 0.4) is 0 Å². The van der Waals surface area contributed by atoms with Gasteiger partial charge in [-0.05, 0) is 31.2 Å². The molecule has 15 heavy (non-hydrogen) atoms. The van der Waals surface area contributed by atoms with Crippen LogP contribution in [0, 0.1) is 0 Å². The van der Waals surface area contributed by atoms with E-state index in [-0.39, 0.29) is 12.0 Å². The third-order valence-electron chi connectivity index (χ3n) is 2.07. The Hall–Kier alpha value is -1.55. The molecule has 0 saturated heterocycles. The van der Waals surface area contributed by atoms with Gasteiger partial charge in [-0.15, -0.1) is 0 Å². The number of rotatable bonds is 4. The number of ether oxygens (including phenoxy) is 1. The minimum atomic E-state index is -0.0706. The summed E-state index contributed by atoms with van der Waals surface area (Å²) in [6.07, 6.45) is 0.278. The maximum absolute atomic E-state index is 11.4. The third-order valence-corrected chi connectivity index (χ3v) is 2.07. The summed E-state index contributed by atoms with van der Waals surface area (Å²) < 4.78 is 5.00. The Morgan fingerprint density at radius 1 is 1.47 bits per heavy atom. The molecule has 1 atom stereocenters. The number of nitrogens with two attached hydrogens (primary N) is 1. The van der Waals surface area contributed by atoms with Crippen molar-refractivity contribution in [2.75, 3.05) is 18.2 Å². The molecule has 0 bridgehead atoms. The van der Waals surface area contributed by atoms with E-state index in [9.17, 15) is 4.79 Å². The standard InChI is InChI=1S/C11H16N2O2/c1-8(15-2)7-11(14)13-10-5-3-9(12)4-6-10/h3-6,8H,7,12H2,1-2H3,(H,13,14). The van der Waals surface area contributed by atoms with Crippen molar-refractivity contribution in [1.29, 1.82) is 0 Å². The third kappa shape index (κ3) is 3.99. The zero-order chi connectivity index (χ0) is 11.3. The fourth-order valence-corrected chi connectivity index (χ4v) is 1.12. The Balaban J connectivity index is 2.48. The van der Waals surface area contributed by atoms with Gasteiger partial charge in [-0.3, -0.25) is 4.79 Å². The highest BCUT2D eigenvalue weighted by Crippen LogP contribution is 2.11. The van der Waals surface area contributed by atoms with Crippen LogP contribution in [0.2, 0.25) is 0 Å². The summed E-state index contributed by atoms with van der Waals surface area (Å²) in [6.45, 7) is 1.85. The second kappa shape index (κ2) is 5.36. The molecule has 0 fully saturated rings. The quantitative estimate of drug-likeness (QED) is 0.739. The zero-order valence-corrected chi connectivity index (χ0v) is 8.99. The van der Waals surface area contributed by atoms with Crippen LogP contribution < -0.4 is 11.1 Å².